The van der Waals surface area contributed by atoms with Gasteiger partial charge in [-0.3, -0.25) is 4.79 Å². The number of benzene rings is 2. The zero-order chi connectivity index (χ0) is 22.7. The van der Waals surface area contributed by atoms with Crippen LogP contribution in [0.4, 0.5) is 5.69 Å². The lowest BCUT2D eigenvalue weighted by atomic mass is 9.63. The number of nitrogens with zero attached hydrogens (tertiary/aromatic N) is 1. The molecule has 2 aromatic rings. The van der Waals surface area contributed by atoms with E-state index in [1.165, 1.54) is 18.9 Å². The fourth-order valence-electron chi connectivity index (χ4n) is 5.22. The van der Waals surface area contributed by atoms with Crippen LogP contribution in [-0.4, -0.2) is 43.0 Å². The number of carbonyl (C=O) groups excluding carboxylic acids is 2. The minimum atomic E-state index is -0.301. The molecule has 2 fully saturated rings. The number of likely N-dealkylation sites (tertiary alicyclic amines) is 1. The van der Waals surface area contributed by atoms with E-state index in [1.807, 2.05) is 48.5 Å². The second-order valence-electron chi connectivity index (χ2n) is 9.10. The Kier molecular flexibility index (Phi) is 6.47. The molecule has 1 saturated carbocycles. The Balaban J connectivity index is 1.52. The molecule has 1 saturated heterocycles. The predicted octanol–water partition coefficient (Wildman–Crippen LogP) is 5.15. The molecule has 2 atom stereocenters. The second-order valence-corrected chi connectivity index (χ2v) is 9.10. The first-order valence-corrected chi connectivity index (χ1v) is 11.5. The molecule has 0 aromatic heterocycles. The number of amides is 1. The highest BCUT2D eigenvalue weighted by molar-refractivity contribution is 5.97. The highest BCUT2D eigenvalue weighted by Gasteiger charge is 2.46. The van der Waals surface area contributed by atoms with Crippen LogP contribution in [0.5, 0.6) is 0 Å². The van der Waals surface area contributed by atoms with Gasteiger partial charge in [0, 0.05) is 31.1 Å². The third-order valence-electron chi connectivity index (χ3n) is 6.98. The third-order valence-corrected chi connectivity index (χ3v) is 6.98. The van der Waals surface area contributed by atoms with Crippen LogP contribution in [0.1, 0.15) is 43.5 Å². The molecule has 1 aliphatic heterocycles. The number of hydrogen-bond donors (Lipinski definition) is 1. The van der Waals surface area contributed by atoms with E-state index in [1.54, 1.807) is 0 Å². The van der Waals surface area contributed by atoms with Gasteiger partial charge in [-0.1, -0.05) is 55.8 Å². The smallest absolute Gasteiger partial charge is 0.338 e. The van der Waals surface area contributed by atoms with E-state index in [0.717, 1.165) is 49.3 Å². The summed E-state index contributed by atoms with van der Waals surface area (Å²) in [6.07, 6.45) is 3.37. The van der Waals surface area contributed by atoms with Crippen LogP contribution in [0.3, 0.4) is 0 Å². The van der Waals surface area contributed by atoms with Crippen molar-refractivity contribution in [2.24, 2.45) is 11.3 Å². The van der Waals surface area contributed by atoms with Crippen LogP contribution in [0.15, 0.2) is 60.7 Å². The van der Waals surface area contributed by atoms with Crippen molar-refractivity contribution in [3.8, 4) is 11.1 Å². The summed E-state index contributed by atoms with van der Waals surface area (Å²) in [5, 5.41) is 2.77. The largest absolute Gasteiger partial charge is 0.461 e. The maximum absolute atomic E-state index is 13.2. The number of fused-ring (bicyclic) bond motifs is 2. The van der Waals surface area contributed by atoms with Crippen LogP contribution >= 0.6 is 0 Å². The van der Waals surface area contributed by atoms with E-state index in [9.17, 15) is 9.59 Å². The lowest BCUT2D eigenvalue weighted by Gasteiger charge is -2.51. The van der Waals surface area contributed by atoms with Crippen LogP contribution in [0.2, 0.25) is 0 Å². The summed E-state index contributed by atoms with van der Waals surface area (Å²) < 4.78 is 5.96. The fraction of sp³-hybridized carbons (Fsp3) is 0.407. The molecule has 2 aromatic carbocycles. The first kappa shape index (κ1) is 22.3. The highest BCUT2D eigenvalue weighted by atomic mass is 16.5. The number of anilines is 1. The summed E-state index contributed by atoms with van der Waals surface area (Å²) in [6, 6.07) is 15.0. The minimum absolute atomic E-state index is 0.114. The Morgan fingerprint density at radius 2 is 1.94 bits per heavy atom. The highest BCUT2D eigenvalue weighted by Crippen LogP contribution is 2.47. The van der Waals surface area contributed by atoms with Gasteiger partial charge in [0.1, 0.15) is 6.61 Å². The number of rotatable bonds is 6. The van der Waals surface area contributed by atoms with Gasteiger partial charge in [-0.25, -0.2) is 4.79 Å². The molecule has 1 N–H and O–H groups in total. The van der Waals surface area contributed by atoms with E-state index in [4.69, 9.17) is 4.74 Å². The summed E-state index contributed by atoms with van der Waals surface area (Å²) in [6.45, 7) is 11.5. The molecule has 4 rings (SSSR count). The topological polar surface area (TPSA) is 58.6 Å². The Hall–Kier alpha value is -2.92. The van der Waals surface area contributed by atoms with Gasteiger partial charge < -0.3 is 15.0 Å². The third kappa shape index (κ3) is 4.49. The summed E-state index contributed by atoms with van der Waals surface area (Å²) in [7, 11) is 0. The lowest BCUT2D eigenvalue weighted by molar-refractivity contribution is -0.114. The Morgan fingerprint density at radius 1 is 1.19 bits per heavy atom. The molecule has 1 amide bonds. The predicted molar refractivity (Wildman–Crippen MR) is 127 cm³/mol. The van der Waals surface area contributed by atoms with E-state index >= 15 is 0 Å². The molecule has 5 heteroatoms. The molecule has 32 heavy (non-hydrogen) atoms. The number of esters is 1. The van der Waals surface area contributed by atoms with Crippen molar-refractivity contribution < 1.29 is 14.3 Å². The Bertz CT molecular complexity index is 1010. The maximum Gasteiger partial charge on any atom is 0.338 e. The SMILES string of the molecule is C=C1[C@@H]2CCC[C@@]1(COC(=O)c1ccccc1-c1ccc(NC(C)=O)cc1)CN(CC)C2. The quantitative estimate of drug-likeness (QED) is 0.507. The molecule has 0 radical (unpaired) electrons. The van der Waals surface area contributed by atoms with Crippen molar-refractivity contribution in [3.63, 3.8) is 0 Å². The Labute approximate surface area is 190 Å². The number of nitrogens with one attached hydrogen (secondary N) is 1. The number of hydrogen-bond acceptors (Lipinski definition) is 4. The zero-order valence-corrected chi connectivity index (χ0v) is 19.0. The van der Waals surface area contributed by atoms with Crippen molar-refractivity contribution in [3.05, 3.63) is 66.2 Å². The van der Waals surface area contributed by atoms with E-state index < -0.39 is 0 Å². The van der Waals surface area contributed by atoms with Gasteiger partial charge in [0.2, 0.25) is 5.91 Å². The molecule has 1 aliphatic carbocycles. The van der Waals surface area contributed by atoms with Gasteiger partial charge >= 0.3 is 5.97 Å². The summed E-state index contributed by atoms with van der Waals surface area (Å²) in [4.78, 5) is 26.9. The second kappa shape index (κ2) is 9.29. The van der Waals surface area contributed by atoms with Crippen LogP contribution in [-0.2, 0) is 9.53 Å². The molecular weight excluding hydrogens is 400 g/mol. The van der Waals surface area contributed by atoms with Crippen LogP contribution in [0, 0.1) is 11.3 Å². The maximum atomic E-state index is 13.2. The molecule has 168 valence electrons. The van der Waals surface area contributed by atoms with E-state index in [0.29, 0.717) is 18.1 Å². The molecule has 5 nitrogen and oxygen atoms in total. The average molecular weight is 433 g/mol. The van der Waals surface area contributed by atoms with Gasteiger partial charge in [-0.2, -0.15) is 0 Å². The van der Waals surface area contributed by atoms with Crippen LogP contribution in [0.25, 0.3) is 11.1 Å². The van der Waals surface area contributed by atoms with E-state index in [-0.39, 0.29) is 17.3 Å². The van der Waals surface area contributed by atoms with Gasteiger partial charge in [-0.15, -0.1) is 0 Å². The molecule has 2 aliphatic rings. The van der Waals surface area contributed by atoms with Crippen molar-refractivity contribution in [2.75, 3.05) is 31.6 Å². The van der Waals surface area contributed by atoms with Gasteiger partial charge in [-0.05, 0) is 54.6 Å². The first-order chi connectivity index (χ1) is 15.4. The summed E-state index contributed by atoms with van der Waals surface area (Å²) in [5.41, 5.74) is 4.14. The van der Waals surface area contributed by atoms with Crippen molar-refractivity contribution in [1.82, 2.24) is 4.90 Å². The zero-order valence-electron chi connectivity index (χ0n) is 19.0. The van der Waals surface area contributed by atoms with Crippen molar-refractivity contribution in [2.45, 2.75) is 33.1 Å². The molecular formula is C27H32N2O3. The lowest BCUT2D eigenvalue weighted by Crippen LogP contribution is -2.53. The van der Waals surface area contributed by atoms with Crippen molar-refractivity contribution in [1.29, 1.82) is 0 Å². The van der Waals surface area contributed by atoms with E-state index in [2.05, 4.69) is 23.7 Å². The van der Waals surface area contributed by atoms with Crippen LogP contribution < -0.4 is 5.32 Å². The molecule has 1 heterocycles. The number of piperidine rings is 1. The minimum Gasteiger partial charge on any atom is -0.461 e. The number of ether oxygens (including phenoxy) is 1. The fourth-order valence-corrected chi connectivity index (χ4v) is 5.22. The summed E-state index contributed by atoms with van der Waals surface area (Å²) >= 11 is 0. The average Bonchev–Trinajstić information content (AvgIpc) is 2.78. The normalized spacial score (nSPS) is 22.9. The standard InChI is InChI=1S/C27H32N2O3/c1-4-29-16-22-8-7-15-27(17-29,19(22)2)18-32-26(31)25-10-6-5-9-24(25)21-11-13-23(14-12-21)28-20(3)30/h5-6,9-14,22H,2,4,7-8,15-18H2,1,3H3,(H,28,30)/t22-,27+/m1/s1. The monoisotopic (exact) mass is 432 g/mol. The van der Waals surface area contributed by atoms with Gasteiger partial charge in [0.05, 0.1) is 5.56 Å². The summed E-state index contributed by atoms with van der Waals surface area (Å²) in [5.74, 6) is 0.0898. The van der Waals surface area contributed by atoms with Gasteiger partial charge in [0.25, 0.3) is 0 Å². The Morgan fingerprint density at radius 3 is 2.66 bits per heavy atom. The number of carbonyl (C=O) groups is 2. The first-order valence-electron chi connectivity index (χ1n) is 11.5. The molecule has 0 spiro atoms. The van der Waals surface area contributed by atoms with Crippen molar-refractivity contribution >= 4 is 17.6 Å². The van der Waals surface area contributed by atoms with Gasteiger partial charge in [0.15, 0.2) is 0 Å². The molecule has 2 bridgehead atoms. The molecule has 0 unspecified atom stereocenters.